The lowest BCUT2D eigenvalue weighted by atomic mass is 10.1. The first-order valence-corrected chi connectivity index (χ1v) is 10.4. The number of ether oxygens (including phenoxy) is 1. The highest BCUT2D eigenvalue weighted by Gasteiger charge is 2.19. The van der Waals surface area contributed by atoms with Gasteiger partial charge in [0.1, 0.15) is 0 Å². The number of nitrogens with one attached hydrogen (secondary N) is 2. The number of guanidine groups is 1. The Hall–Kier alpha value is -2.38. The number of benzene rings is 1. The third-order valence-electron chi connectivity index (χ3n) is 5.27. The van der Waals surface area contributed by atoms with Gasteiger partial charge in [-0.05, 0) is 26.2 Å². The van der Waals surface area contributed by atoms with Crippen molar-refractivity contribution in [2.24, 2.45) is 4.99 Å². The molecule has 2 N–H and O–H groups in total. The summed E-state index contributed by atoms with van der Waals surface area (Å²) in [6.45, 7) is 6.74. The van der Waals surface area contributed by atoms with Crippen LogP contribution in [-0.4, -0.2) is 62.3 Å². The molecule has 1 aliphatic heterocycles. The van der Waals surface area contributed by atoms with Crippen LogP contribution >= 0.6 is 0 Å². The number of oxazole rings is 1. The fourth-order valence-corrected chi connectivity index (χ4v) is 3.52. The number of hydrogen-bond donors (Lipinski definition) is 2. The van der Waals surface area contributed by atoms with Crippen LogP contribution in [0, 0.1) is 6.92 Å². The van der Waals surface area contributed by atoms with Gasteiger partial charge in [-0.2, -0.15) is 0 Å². The molecule has 1 aliphatic rings. The number of hydrogen-bond acceptors (Lipinski definition) is 5. The standard InChI is InChI=1S/C22H33N5O2/c1-17-5-7-18(8-6-17)20-15-24-21(29-20)16-25-22(23-2)26-19-9-12-27(13-10-19)11-4-14-28-3/h5-8,15,19H,4,9-14,16H2,1-3H3,(H2,23,25,26). The minimum atomic E-state index is 0.438. The summed E-state index contributed by atoms with van der Waals surface area (Å²) in [6, 6.07) is 8.69. The van der Waals surface area contributed by atoms with Crippen LogP contribution in [0.15, 0.2) is 39.9 Å². The van der Waals surface area contributed by atoms with Crippen LogP contribution in [0.5, 0.6) is 0 Å². The topological polar surface area (TPSA) is 74.9 Å². The minimum Gasteiger partial charge on any atom is -0.439 e. The molecule has 0 atom stereocenters. The summed E-state index contributed by atoms with van der Waals surface area (Å²) in [5, 5.41) is 6.84. The van der Waals surface area contributed by atoms with E-state index < -0.39 is 0 Å². The van der Waals surface area contributed by atoms with E-state index in [2.05, 4.69) is 56.7 Å². The number of nitrogens with zero attached hydrogens (tertiary/aromatic N) is 3. The van der Waals surface area contributed by atoms with Gasteiger partial charge in [-0.15, -0.1) is 0 Å². The van der Waals surface area contributed by atoms with Crippen molar-refractivity contribution in [1.82, 2.24) is 20.5 Å². The van der Waals surface area contributed by atoms with E-state index in [1.807, 2.05) is 0 Å². The summed E-state index contributed by atoms with van der Waals surface area (Å²) in [5.41, 5.74) is 2.26. The number of aliphatic imine (C=N–C) groups is 1. The van der Waals surface area contributed by atoms with E-state index in [-0.39, 0.29) is 0 Å². The summed E-state index contributed by atoms with van der Waals surface area (Å²) in [6.07, 6.45) is 5.10. The fourth-order valence-electron chi connectivity index (χ4n) is 3.52. The molecular weight excluding hydrogens is 366 g/mol. The number of methoxy groups -OCH3 is 1. The molecule has 1 fully saturated rings. The van der Waals surface area contributed by atoms with Crippen molar-refractivity contribution >= 4 is 5.96 Å². The summed E-state index contributed by atoms with van der Waals surface area (Å²) in [4.78, 5) is 11.2. The lowest BCUT2D eigenvalue weighted by molar-refractivity contribution is 0.155. The molecule has 0 spiro atoms. The van der Waals surface area contributed by atoms with E-state index in [0.29, 0.717) is 18.5 Å². The molecule has 1 aromatic carbocycles. The van der Waals surface area contributed by atoms with E-state index in [1.165, 1.54) is 5.56 Å². The molecule has 7 nitrogen and oxygen atoms in total. The molecule has 0 bridgehead atoms. The maximum Gasteiger partial charge on any atom is 0.214 e. The predicted octanol–water partition coefficient (Wildman–Crippen LogP) is 2.82. The molecule has 2 heterocycles. The number of aryl methyl sites for hydroxylation is 1. The Balaban J connectivity index is 1.43. The van der Waals surface area contributed by atoms with Gasteiger partial charge >= 0.3 is 0 Å². The van der Waals surface area contributed by atoms with Crippen LogP contribution < -0.4 is 10.6 Å². The molecule has 0 amide bonds. The molecule has 0 aliphatic carbocycles. The first-order chi connectivity index (χ1) is 14.2. The average molecular weight is 400 g/mol. The van der Waals surface area contributed by atoms with Gasteiger partial charge in [0.05, 0.1) is 12.7 Å². The van der Waals surface area contributed by atoms with Crippen molar-refractivity contribution in [1.29, 1.82) is 0 Å². The number of aromatic nitrogens is 1. The van der Waals surface area contributed by atoms with Crippen molar-refractivity contribution in [2.45, 2.75) is 38.8 Å². The molecule has 0 radical (unpaired) electrons. The number of rotatable bonds is 8. The zero-order valence-corrected chi connectivity index (χ0v) is 17.8. The molecule has 158 valence electrons. The monoisotopic (exact) mass is 399 g/mol. The van der Waals surface area contributed by atoms with E-state index in [4.69, 9.17) is 9.15 Å². The van der Waals surface area contributed by atoms with Crippen LogP contribution in [0.2, 0.25) is 0 Å². The highest BCUT2D eigenvalue weighted by atomic mass is 16.5. The molecular formula is C22H33N5O2. The molecule has 1 saturated heterocycles. The SMILES string of the molecule is CN=C(NCc1ncc(-c2ccc(C)cc2)o1)NC1CCN(CCCOC)CC1. The summed E-state index contributed by atoms with van der Waals surface area (Å²) in [5.74, 6) is 2.22. The zero-order chi connectivity index (χ0) is 20.5. The van der Waals surface area contributed by atoms with Gasteiger partial charge in [0.25, 0.3) is 0 Å². The second-order valence-corrected chi connectivity index (χ2v) is 7.52. The number of piperidine rings is 1. The van der Waals surface area contributed by atoms with E-state index >= 15 is 0 Å². The van der Waals surface area contributed by atoms with E-state index in [9.17, 15) is 0 Å². The highest BCUT2D eigenvalue weighted by molar-refractivity contribution is 5.79. The van der Waals surface area contributed by atoms with Crippen LogP contribution in [0.25, 0.3) is 11.3 Å². The van der Waals surface area contributed by atoms with Crippen LogP contribution in [0.1, 0.15) is 30.7 Å². The normalized spacial score (nSPS) is 16.2. The maximum absolute atomic E-state index is 5.88. The summed E-state index contributed by atoms with van der Waals surface area (Å²) >= 11 is 0. The first-order valence-electron chi connectivity index (χ1n) is 10.4. The van der Waals surface area contributed by atoms with E-state index in [0.717, 1.165) is 62.8 Å². The Kier molecular flexibility index (Phi) is 8.07. The van der Waals surface area contributed by atoms with Gasteiger partial charge in [0.15, 0.2) is 11.7 Å². The molecule has 1 aromatic heterocycles. The Labute approximate surface area is 173 Å². The molecule has 7 heteroatoms. The lowest BCUT2D eigenvalue weighted by Crippen LogP contribution is -2.48. The van der Waals surface area contributed by atoms with Crippen molar-refractivity contribution in [3.8, 4) is 11.3 Å². The first kappa shape index (κ1) is 21.3. The van der Waals surface area contributed by atoms with Gasteiger partial charge in [0.2, 0.25) is 5.89 Å². The second kappa shape index (κ2) is 11.0. The molecule has 3 rings (SSSR count). The predicted molar refractivity (Wildman–Crippen MR) is 116 cm³/mol. The summed E-state index contributed by atoms with van der Waals surface area (Å²) in [7, 11) is 3.55. The van der Waals surface area contributed by atoms with Gasteiger partial charge in [-0.1, -0.05) is 29.8 Å². The summed E-state index contributed by atoms with van der Waals surface area (Å²) < 4.78 is 11.0. The second-order valence-electron chi connectivity index (χ2n) is 7.52. The quantitative estimate of drug-likeness (QED) is 0.404. The van der Waals surface area contributed by atoms with Crippen molar-refractivity contribution in [3.63, 3.8) is 0 Å². The van der Waals surface area contributed by atoms with Gasteiger partial charge in [-0.25, -0.2) is 4.98 Å². The van der Waals surface area contributed by atoms with Gasteiger partial charge < -0.3 is 24.7 Å². The largest absolute Gasteiger partial charge is 0.439 e. The van der Waals surface area contributed by atoms with Gasteiger partial charge in [0, 0.05) is 52.0 Å². The Morgan fingerprint density at radius 1 is 1.28 bits per heavy atom. The Morgan fingerprint density at radius 2 is 2.03 bits per heavy atom. The Bertz CT molecular complexity index is 764. The highest BCUT2D eigenvalue weighted by Crippen LogP contribution is 2.20. The fraction of sp³-hybridized carbons (Fsp3) is 0.545. The van der Waals surface area contributed by atoms with Crippen molar-refractivity contribution in [3.05, 3.63) is 41.9 Å². The van der Waals surface area contributed by atoms with Crippen LogP contribution in [-0.2, 0) is 11.3 Å². The van der Waals surface area contributed by atoms with Crippen molar-refractivity contribution < 1.29 is 9.15 Å². The zero-order valence-electron chi connectivity index (χ0n) is 17.8. The Morgan fingerprint density at radius 3 is 2.72 bits per heavy atom. The molecule has 0 unspecified atom stereocenters. The number of likely N-dealkylation sites (tertiary alicyclic amines) is 1. The lowest BCUT2D eigenvalue weighted by Gasteiger charge is -2.33. The third kappa shape index (κ3) is 6.58. The molecule has 0 saturated carbocycles. The maximum atomic E-state index is 5.88. The third-order valence-corrected chi connectivity index (χ3v) is 5.27. The average Bonchev–Trinajstić information content (AvgIpc) is 3.22. The van der Waals surface area contributed by atoms with Crippen molar-refractivity contribution in [2.75, 3.05) is 40.4 Å². The van der Waals surface area contributed by atoms with E-state index in [1.54, 1.807) is 20.4 Å². The molecule has 29 heavy (non-hydrogen) atoms. The molecule has 2 aromatic rings. The van der Waals surface area contributed by atoms with Gasteiger partial charge in [-0.3, -0.25) is 4.99 Å². The van der Waals surface area contributed by atoms with Crippen LogP contribution in [0.4, 0.5) is 0 Å². The minimum absolute atomic E-state index is 0.438. The van der Waals surface area contributed by atoms with Crippen LogP contribution in [0.3, 0.4) is 0 Å². The smallest absolute Gasteiger partial charge is 0.214 e.